The van der Waals surface area contributed by atoms with E-state index in [1.807, 2.05) is 6.21 Å². The molecule has 0 unspecified atom stereocenters. The van der Waals surface area contributed by atoms with Crippen LogP contribution in [0.15, 0.2) is 17.1 Å². The first kappa shape index (κ1) is 14.4. The summed E-state index contributed by atoms with van der Waals surface area (Å²) >= 11 is 0. The van der Waals surface area contributed by atoms with Crippen molar-refractivity contribution >= 4 is 19.7 Å². The summed E-state index contributed by atoms with van der Waals surface area (Å²) in [6.45, 7) is 5.15. The Morgan fingerprint density at radius 1 is 1.37 bits per heavy atom. The van der Waals surface area contributed by atoms with Crippen LogP contribution in [0.25, 0.3) is 0 Å². The summed E-state index contributed by atoms with van der Waals surface area (Å²) in [6, 6.07) is 4.36. The second-order valence-corrected chi connectivity index (χ2v) is 5.43. The molecule has 0 amide bonds. The molecule has 3 nitrogen and oxygen atoms in total. The van der Waals surface area contributed by atoms with Gasteiger partial charge in [0.2, 0.25) is 0 Å². The molecule has 104 valence electrons. The molecule has 19 heavy (non-hydrogen) atoms. The van der Waals surface area contributed by atoms with Gasteiger partial charge < -0.3 is 9.64 Å². The van der Waals surface area contributed by atoms with Gasteiger partial charge in [0.15, 0.2) is 0 Å². The summed E-state index contributed by atoms with van der Waals surface area (Å²) in [5.74, 6) is 1.04. The lowest BCUT2D eigenvalue weighted by Crippen LogP contribution is -2.38. The van der Waals surface area contributed by atoms with Crippen LogP contribution in [0, 0.1) is 6.92 Å². The average molecular weight is 278 g/mol. The van der Waals surface area contributed by atoms with Crippen molar-refractivity contribution in [2.75, 3.05) is 20.1 Å². The van der Waals surface area contributed by atoms with Crippen LogP contribution in [0.3, 0.4) is 0 Å². The molecule has 1 fully saturated rings. The normalized spacial score (nSPS) is 21.9. The van der Waals surface area contributed by atoms with Crippen LogP contribution in [0.5, 0.6) is 5.75 Å². The average Bonchev–Trinajstić information content (AvgIpc) is 2.76. The smallest absolute Gasteiger partial charge is 0.123 e. The third-order valence-corrected chi connectivity index (χ3v) is 3.80. The fourth-order valence-electron chi connectivity index (χ4n) is 2.77. The van der Waals surface area contributed by atoms with Crippen molar-refractivity contribution in [2.45, 2.75) is 32.4 Å². The van der Waals surface area contributed by atoms with E-state index in [1.54, 1.807) is 0 Å². The second kappa shape index (κ2) is 5.97. The van der Waals surface area contributed by atoms with Crippen LogP contribution in [-0.4, -0.2) is 37.4 Å². The maximum atomic E-state index is 6.18. The molecular weight excluding hydrogens is 256 g/mol. The first-order valence-corrected chi connectivity index (χ1v) is 6.71. The molecule has 0 N–H and O–H groups in total. The SMILES string of the molecule is Cc1cc2c(cc1O[C@H]1CCCN(C)C1)CN=C2.S. The Kier molecular flexibility index (Phi) is 4.53. The van der Waals surface area contributed by atoms with E-state index >= 15 is 0 Å². The molecule has 1 atom stereocenters. The summed E-state index contributed by atoms with van der Waals surface area (Å²) in [4.78, 5) is 6.65. The molecule has 2 aliphatic rings. The molecule has 0 aromatic heterocycles. The third-order valence-electron chi connectivity index (χ3n) is 3.80. The minimum Gasteiger partial charge on any atom is -0.489 e. The Balaban J connectivity index is 0.00000133. The predicted molar refractivity (Wildman–Crippen MR) is 84.0 cm³/mol. The lowest BCUT2D eigenvalue weighted by molar-refractivity contribution is 0.103. The van der Waals surface area contributed by atoms with E-state index in [1.165, 1.54) is 29.7 Å². The van der Waals surface area contributed by atoms with Gasteiger partial charge in [-0.3, -0.25) is 4.99 Å². The lowest BCUT2D eigenvalue weighted by Gasteiger charge is -2.30. The number of hydrogen-bond acceptors (Lipinski definition) is 3. The van der Waals surface area contributed by atoms with E-state index in [4.69, 9.17) is 4.74 Å². The van der Waals surface area contributed by atoms with Crippen molar-refractivity contribution in [1.29, 1.82) is 0 Å². The summed E-state index contributed by atoms with van der Waals surface area (Å²) in [7, 11) is 2.17. The molecule has 0 bridgehead atoms. The molecule has 0 radical (unpaired) electrons. The number of nitrogens with zero attached hydrogens (tertiary/aromatic N) is 2. The number of ether oxygens (including phenoxy) is 1. The van der Waals surface area contributed by atoms with Gasteiger partial charge in [0.05, 0.1) is 6.54 Å². The highest BCUT2D eigenvalue weighted by molar-refractivity contribution is 7.59. The Bertz CT molecular complexity index is 487. The first-order valence-electron chi connectivity index (χ1n) is 6.71. The number of hydrogen-bond donors (Lipinski definition) is 0. The number of benzene rings is 1. The topological polar surface area (TPSA) is 24.8 Å². The molecule has 4 heteroatoms. The van der Waals surface area contributed by atoms with Crippen molar-refractivity contribution in [1.82, 2.24) is 4.90 Å². The Morgan fingerprint density at radius 3 is 3.00 bits per heavy atom. The van der Waals surface area contributed by atoms with Crippen molar-refractivity contribution < 1.29 is 4.74 Å². The zero-order valence-electron chi connectivity index (χ0n) is 11.6. The fraction of sp³-hybridized carbons (Fsp3) is 0.533. The van der Waals surface area contributed by atoms with Crippen LogP contribution in [0.2, 0.25) is 0 Å². The Labute approximate surface area is 122 Å². The highest BCUT2D eigenvalue weighted by Crippen LogP contribution is 2.27. The number of rotatable bonds is 2. The molecule has 1 aromatic rings. The van der Waals surface area contributed by atoms with E-state index in [0.717, 1.165) is 25.3 Å². The number of aliphatic imine (C=N–C) groups is 1. The highest BCUT2D eigenvalue weighted by atomic mass is 32.1. The minimum absolute atomic E-state index is 0. The van der Waals surface area contributed by atoms with E-state index in [9.17, 15) is 0 Å². The van der Waals surface area contributed by atoms with E-state index in [0.29, 0.717) is 6.10 Å². The van der Waals surface area contributed by atoms with Crippen molar-refractivity contribution in [2.24, 2.45) is 4.99 Å². The van der Waals surface area contributed by atoms with Crippen LogP contribution >= 0.6 is 13.5 Å². The number of piperidine rings is 1. The van der Waals surface area contributed by atoms with Gasteiger partial charge in [-0.2, -0.15) is 13.5 Å². The van der Waals surface area contributed by atoms with Crippen LogP contribution in [0.1, 0.15) is 29.5 Å². The monoisotopic (exact) mass is 278 g/mol. The predicted octanol–water partition coefficient (Wildman–Crippen LogP) is 2.51. The van der Waals surface area contributed by atoms with Gasteiger partial charge in [-0.25, -0.2) is 0 Å². The molecular formula is C15H22N2OS. The Morgan fingerprint density at radius 2 is 2.21 bits per heavy atom. The number of fused-ring (bicyclic) bond motifs is 1. The maximum absolute atomic E-state index is 6.18. The van der Waals surface area contributed by atoms with Gasteiger partial charge in [-0.15, -0.1) is 0 Å². The highest BCUT2D eigenvalue weighted by Gasteiger charge is 2.20. The van der Waals surface area contributed by atoms with Crippen molar-refractivity contribution in [3.8, 4) is 5.75 Å². The summed E-state index contributed by atoms with van der Waals surface area (Å²) in [5.41, 5.74) is 3.76. The first-order chi connectivity index (χ1) is 8.72. The second-order valence-electron chi connectivity index (χ2n) is 5.43. The number of likely N-dealkylation sites (tertiary alicyclic amines) is 1. The van der Waals surface area contributed by atoms with Crippen molar-refractivity contribution in [3.63, 3.8) is 0 Å². The Hall–Kier alpha value is -1.00. The van der Waals surface area contributed by atoms with Crippen molar-refractivity contribution in [3.05, 3.63) is 28.8 Å². The van der Waals surface area contributed by atoms with Gasteiger partial charge in [0.25, 0.3) is 0 Å². The summed E-state index contributed by atoms with van der Waals surface area (Å²) < 4.78 is 6.18. The molecule has 2 heterocycles. The molecule has 0 spiro atoms. The third kappa shape index (κ3) is 3.12. The maximum Gasteiger partial charge on any atom is 0.123 e. The van der Waals surface area contributed by atoms with Crippen LogP contribution < -0.4 is 4.74 Å². The van der Waals surface area contributed by atoms with Gasteiger partial charge in [0.1, 0.15) is 11.9 Å². The zero-order chi connectivity index (χ0) is 12.5. The summed E-state index contributed by atoms with van der Waals surface area (Å²) in [5, 5.41) is 0. The van der Waals surface area contributed by atoms with Gasteiger partial charge in [0, 0.05) is 12.8 Å². The summed E-state index contributed by atoms with van der Waals surface area (Å²) in [6.07, 6.45) is 4.69. The molecule has 1 saturated heterocycles. The molecule has 2 aliphatic heterocycles. The minimum atomic E-state index is 0. The van der Waals surface area contributed by atoms with E-state index in [-0.39, 0.29) is 13.5 Å². The van der Waals surface area contributed by atoms with Crippen LogP contribution in [-0.2, 0) is 6.54 Å². The standard InChI is InChI=1S/C15H20N2O.H2S/c1-11-6-12-8-16-9-13(12)7-15(11)18-14-4-3-5-17(2)10-14;/h6-8,14H,3-5,9-10H2,1-2H3;1H2/t14-;/m0./s1. The number of aryl methyl sites for hydroxylation is 1. The fourth-order valence-corrected chi connectivity index (χ4v) is 2.77. The largest absolute Gasteiger partial charge is 0.489 e. The van der Waals surface area contributed by atoms with Crippen LogP contribution in [0.4, 0.5) is 0 Å². The number of likely N-dealkylation sites (N-methyl/N-ethyl adjacent to an activating group) is 1. The zero-order valence-corrected chi connectivity index (χ0v) is 12.6. The molecule has 0 aliphatic carbocycles. The molecule has 1 aromatic carbocycles. The van der Waals surface area contributed by atoms with E-state index < -0.39 is 0 Å². The van der Waals surface area contributed by atoms with Gasteiger partial charge in [-0.1, -0.05) is 0 Å². The van der Waals surface area contributed by atoms with Gasteiger partial charge in [-0.05, 0) is 62.2 Å². The lowest BCUT2D eigenvalue weighted by atomic mass is 10.1. The molecule has 3 rings (SSSR count). The quantitative estimate of drug-likeness (QED) is 0.830. The van der Waals surface area contributed by atoms with E-state index in [2.05, 4.69) is 36.0 Å². The van der Waals surface area contributed by atoms with Gasteiger partial charge >= 0.3 is 0 Å². The molecule has 0 saturated carbocycles.